The lowest BCUT2D eigenvalue weighted by atomic mass is 9.94. The van der Waals surface area contributed by atoms with Crippen molar-refractivity contribution in [3.05, 3.63) is 77.3 Å². The monoisotopic (exact) mass is 525 g/mol. The fraction of sp³-hybridized carbons (Fsp3) is 0.240. The normalized spacial score (nSPS) is 15.1. The van der Waals surface area contributed by atoms with Crippen molar-refractivity contribution < 1.29 is 27.5 Å². The van der Waals surface area contributed by atoms with Gasteiger partial charge in [0.25, 0.3) is 11.8 Å². The summed E-state index contributed by atoms with van der Waals surface area (Å²) >= 11 is 0. The Morgan fingerprint density at radius 2 is 1.87 bits per heavy atom. The molecule has 4 N–H and O–H groups in total. The van der Waals surface area contributed by atoms with E-state index >= 15 is 0 Å². The number of aliphatic hydroxyl groups excluding tert-OH is 1. The molecule has 0 radical (unpaired) electrons. The highest BCUT2D eigenvalue weighted by Gasteiger charge is 2.39. The zero-order valence-corrected chi connectivity index (χ0v) is 20.2. The number of carbonyl (C=O) groups excluding carboxylic acids is 1. The highest BCUT2D eigenvalue weighted by Crippen LogP contribution is 2.35. The number of hydrogen-bond donors (Lipinski definition) is 4. The number of halogens is 3. The topological polar surface area (TPSA) is 138 Å². The van der Waals surface area contributed by atoms with Gasteiger partial charge in [-0.05, 0) is 43.2 Å². The molecule has 0 saturated heterocycles. The summed E-state index contributed by atoms with van der Waals surface area (Å²) < 4.78 is 44.1. The van der Waals surface area contributed by atoms with Crippen molar-refractivity contribution in [1.29, 1.82) is 0 Å². The number of nitrogens with one attached hydrogen (secondary N) is 3. The molecule has 0 aliphatic carbocycles. The fourth-order valence-corrected chi connectivity index (χ4v) is 4.12. The number of nitrogens with zero attached hydrogens (tertiary/aromatic N) is 4. The largest absolute Gasteiger partial charge is 0.470 e. The lowest BCUT2D eigenvalue weighted by Gasteiger charge is -2.20. The second-order valence-corrected chi connectivity index (χ2v) is 9.12. The number of hydrogen-bond acceptors (Lipinski definition) is 9. The molecule has 196 valence electrons. The molecule has 4 aromatic rings. The number of amides is 1. The van der Waals surface area contributed by atoms with Gasteiger partial charge in [-0.1, -0.05) is 30.3 Å². The fourth-order valence-electron chi connectivity index (χ4n) is 4.12. The lowest BCUT2D eigenvalue weighted by molar-refractivity contribution is -0.156. The molecule has 0 saturated carbocycles. The molecule has 2 aromatic heterocycles. The molecule has 1 aliphatic rings. The number of anilines is 3. The van der Waals surface area contributed by atoms with Gasteiger partial charge in [-0.3, -0.25) is 4.79 Å². The predicted molar refractivity (Wildman–Crippen MR) is 130 cm³/mol. The highest BCUT2D eigenvalue weighted by molar-refractivity contribution is 6.00. The van der Waals surface area contributed by atoms with Crippen molar-refractivity contribution in [3.63, 3.8) is 0 Å². The standard InChI is InChI=1S/C25H22F3N7O3/c1-24(2)17-10-14(8-9-15(17)20(37)33-24)30-23-29-11-16(21-34-35-22(38-21)25(26,27)28)19(32-23)31-18(12-36)13-6-4-3-5-7-13/h3-11,18,36H,12H2,1-2H3,(H,33,37)(H2,29,30,31,32)/t18-/m1/s1. The van der Waals surface area contributed by atoms with E-state index in [4.69, 9.17) is 4.42 Å². The maximum atomic E-state index is 13.1. The van der Waals surface area contributed by atoms with Crippen molar-refractivity contribution in [2.45, 2.75) is 31.6 Å². The van der Waals surface area contributed by atoms with Crippen LogP contribution in [0, 0.1) is 0 Å². The van der Waals surface area contributed by atoms with Gasteiger partial charge in [0.15, 0.2) is 0 Å². The summed E-state index contributed by atoms with van der Waals surface area (Å²) in [5.74, 6) is -1.96. The molecule has 38 heavy (non-hydrogen) atoms. The molecule has 0 spiro atoms. The van der Waals surface area contributed by atoms with Crippen LogP contribution < -0.4 is 16.0 Å². The number of aliphatic hydroxyl groups is 1. The van der Waals surface area contributed by atoms with Crippen molar-refractivity contribution in [2.24, 2.45) is 0 Å². The SMILES string of the molecule is CC1(C)NC(=O)c2ccc(Nc3ncc(-c4nnc(C(F)(F)F)o4)c(N[C@H](CO)c4ccccc4)n3)cc21. The van der Waals surface area contributed by atoms with Gasteiger partial charge in [0.2, 0.25) is 5.95 Å². The van der Waals surface area contributed by atoms with Crippen molar-refractivity contribution in [1.82, 2.24) is 25.5 Å². The van der Waals surface area contributed by atoms with Crippen molar-refractivity contribution >= 4 is 23.4 Å². The van der Waals surface area contributed by atoms with Crippen LogP contribution in [0.5, 0.6) is 0 Å². The Morgan fingerprint density at radius 3 is 2.55 bits per heavy atom. The van der Waals surface area contributed by atoms with E-state index in [0.717, 1.165) is 5.56 Å². The molecule has 13 heteroatoms. The van der Waals surface area contributed by atoms with Crippen molar-refractivity contribution in [3.8, 4) is 11.5 Å². The van der Waals surface area contributed by atoms with E-state index in [-0.39, 0.29) is 29.8 Å². The van der Waals surface area contributed by atoms with Crippen LogP contribution in [0.2, 0.25) is 0 Å². The minimum atomic E-state index is -4.82. The minimum Gasteiger partial charge on any atom is -0.412 e. The van der Waals surface area contributed by atoms with Gasteiger partial charge in [0.1, 0.15) is 5.82 Å². The lowest BCUT2D eigenvalue weighted by Crippen LogP contribution is -2.32. The number of benzene rings is 2. The van der Waals surface area contributed by atoms with Crippen LogP contribution in [0.15, 0.2) is 59.1 Å². The second kappa shape index (κ2) is 9.41. The van der Waals surface area contributed by atoms with Crippen LogP contribution in [0.4, 0.5) is 30.6 Å². The Labute approximate surface area is 214 Å². The quantitative estimate of drug-likeness (QED) is 0.276. The number of carbonyl (C=O) groups is 1. The Bertz CT molecular complexity index is 1490. The molecular formula is C25H22F3N7O3. The van der Waals surface area contributed by atoms with Crippen LogP contribution in [0.25, 0.3) is 11.5 Å². The van der Waals surface area contributed by atoms with Gasteiger partial charge in [-0.25, -0.2) is 4.98 Å². The van der Waals surface area contributed by atoms with E-state index in [9.17, 15) is 23.1 Å². The Morgan fingerprint density at radius 1 is 1.11 bits per heavy atom. The smallest absolute Gasteiger partial charge is 0.412 e. The third-order valence-electron chi connectivity index (χ3n) is 6.00. The van der Waals surface area contributed by atoms with Crippen molar-refractivity contribution in [2.75, 3.05) is 17.2 Å². The second-order valence-electron chi connectivity index (χ2n) is 9.12. The molecule has 0 fully saturated rings. The number of alkyl halides is 3. The summed E-state index contributed by atoms with van der Waals surface area (Å²) in [6, 6.07) is 13.5. The minimum absolute atomic E-state index is 0.0119. The van der Waals surface area contributed by atoms with Crippen LogP contribution in [0.1, 0.15) is 47.3 Å². The number of aromatic nitrogens is 4. The van der Waals surface area contributed by atoms with Gasteiger partial charge >= 0.3 is 12.1 Å². The summed E-state index contributed by atoms with van der Waals surface area (Å²) in [5, 5.41) is 25.6. The Hall–Kier alpha value is -4.52. The van der Waals surface area contributed by atoms with E-state index in [1.807, 2.05) is 19.9 Å². The van der Waals surface area contributed by atoms with Gasteiger partial charge in [-0.15, -0.1) is 10.2 Å². The first-order valence-electron chi connectivity index (χ1n) is 11.5. The first-order chi connectivity index (χ1) is 18.0. The molecule has 0 unspecified atom stereocenters. The molecular weight excluding hydrogens is 503 g/mol. The average molecular weight is 525 g/mol. The van der Waals surface area contributed by atoms with Gasteiger partial charge < -0.3 is 25.5 Å². The maximum Gasteiger partial charge on any atom is 0.470 e. The van der Waals surface area contributed by atoms with E-state index in [1.165, 1.54) is 6.20 Å². The Kier molecular flexibility index (Phi) is 6.23. The molecule has 2 aromatic carbocycles. The third-order valence-corrected chi connectivity index (χ3v) is 6.00. The summed E-state index contributed by atoms with van der Waals surface area (Å²) in [5.41, 5.74) is 2.10. The summed E-state index contributed by atoms with van der Waals surface area (Å²) in [6.07, 6.45) is -3.58. The van der Waals surface area contributed by atoms with E-state index in [0.29, 0.717) is 16.8 Å². The molecule has 10 nitrogen and oxygen atoms in total. The average Bonchev–Trinajstić information content (AvgIpc) is 3.46. The number of fused-ring (bicyclic) bond motifs is 1. The Balaban J connectivity index is 1.52. The summed E-state index contributed by atoms with van der Waals surface area (Å²) in [7, 11) is 0. The molecule has 1 amide bonds. The van der Waals surface area contributed by atoms with Crippen LogP contribution in [-0.2, 0) is 11.7 Å². The van der Waals surface area contributed by atoms with Crippen LogP contribution in [-0.4, -0.2) is 37.8 Å². The molecule has 0 bridgehead atoms. The maximum absolute atomic E-state index is 13.1. The molecule has 1 aliphatic heterocycles. The van der Waals surface area contributed by atoms with Gasteiger partial charge in [-0.2, -0.15) is 18.2 Å². The van der Waals surface area contributed by atoms with Gasteiger partial charge in [0.05, 0.1) is 23.8 Å². The first-order valence-corrected chi connectivity index (χ1v) is 11.5. The molecule has 5 rings (SSSR count). The molecule has 1 atom stereocenters. The zero-order chi connectivity index (χ0) is 27.1. The van der Waals surface area contributed by atoms with E-state index in [1.54, 1.807) is 42.5 Å². The van der Waals surface area contributed by atoms with Crippen LogP contribution >= 0.6 is 0 Å². The van der Waals surface area contributed by atoms with Crippen LogP contribution in [0.3, 0.4) is 0 Å². The molecule has 3 heterocycles. The van der Waals surface area contributed by atoms with Gasteiger partial charge in [0, 0.05) is 17.4 Å². The number of rotatable bonds is 7. The zero-order valence-electron chi connectivity index (χ0n) is 20.2. The third kappa shape index (κ3) is 4.87. The summed E-state index contributed by atoms with van der Waals surface area (Å²) in [6.45, 7) is 3.42. The van der Waals surface area contributed by atoms with E-state index < -0.39 is 29.5 Å². The first kappa shape index (κ1) is 25.1. The predicted octanol–water partition coefficient (Wildman–Crippen LogP) is 4.41. The highest BCUT2D eigenvalue weighted by atomic mass is 19.4. The van der Waals surface area contributed by atoms with E-state index in [2.05, 4.69) is 36.1 Å². The summed E-state index contributed by atoms with van der Waals surface area (Å²) in [4.78, 5) is 20.9.